The van der Waals surface area contributed by atoms with Crippen LogP contribution >= 0.6 is 0 Å². The van der Waals surface area contributed by atoms with Gasteiger partial charge < -0.3 is 14.6 Å². The van der Waals surface area contributed by atoms with Crippen LogP contribution in [-0.2, 0) is 22.4 Å². The highest BCUT2D eigenvalue weighted by atomic mass is 16.5. The van der Waals surface area contributed by atoms with E-state index in [0.29, 0.717) is 6.61 Å². The molecule has 3 heterocycles. The van der Waals surface area contributed by atoms with Crippen molar-refractivity contribution >= 4 is 27.6 Å². The molecule has 0 saturated heterocycles. The van der Waals surface area contributed by atoms with Crippen molar-refractivity contribution in [1.82, 2.24) is 15.0 Å². The molecule has 5 aromatic rings. The zero-order valence-electron chi connectivity index (χ0n) is 23.2. The minimum absolute atomic E-state index is 0.0577. The molecule has 0 saturated carbocycles. The molecule has 6 rings (SSSR count). The van der Waals surface area contributed by atoms with Crippen LogP contribution in [-0.4, -0.2) is 44.8 Å². The molecule has 204 valence electrons. The third kappa shape index (κ3) is 5.47. The van der Waals surface area contributed by atoms with Gasteiger partial charge in [0.2, 0.25) is 0 Å². The molecule has 0 fully saturated rings. The van der Waals surface area contributed by atoms with Gasteiger partial charge in [-0.15, -0.1) is 0 Å². The van der Waals surface area contributed by atoms with Gasteiger partial charge in [-0.25, -0.2) is 9.97 Å². The van der Waals surface area contributed by atoms with E-state index in [-0.39, 0.29) is 13.0 Å². The van der Waals surface area contributed by atoms with Crippen molar-refractivity contribution in [3.63, 3.8) is 0 Å². The lowest BCUT2D eigenvalue weighted by Gasteiger charge is -2.22. The number of ether oxygens (including phenoxy) is 2. The number of pyridine rings is 1. The quantitative estimate of drug-likeness (QED) is 0.236. The van der Waals surface area contributed by atoms with Gasteiger partial charge in [-0.2, -0.15) is 0 Å². The second kappa shape index (κ2) is 10.6. The number of fused-ring (bicyclic) bond motifs is 1. The lowest BCUT2D eigenvalue weighted by atomic mass is 9.86. The molecule has 1 aliphatic rings. The fourth-order valence-corrected chi connectivity index (χ4v) is 5.27. The number of hydrogen-bond donors (Lipinski definition) is 1. The summed E-state index contributed by atoms with van der Waals surface area (Å²) in [6, 6.07) is 14.2. The van der Waals surface area contributed by atoms with Crippen LogP contribution in [0.2, 0.25) is 0 Å². The largest absolute Gasteiger partial charge is 0.493 e. The molecule has 1 aliphatic heterocycles. The summed E-state index contributed by atoms with van der Waals surface area (Å²) in [5, 5.41) is 13.1. The average molecular weight is 544 g/mol. The minimum Gasteiger partial charge on any atom is -0.493 e. The van der Waals surface area contributed by atoms with E-state index in [1.54, 1.807) is 26.2 Å². The lowest BCUT2D eigenvalue weighted by Crippen LogP contribution is -2.28. The Bertz CT molecular complexity index is 1850. The van der Waals surface area contributed by atoms with E-state index in [1.165, 1.54) is 11.9 Å². The van der Waals surface area contributed by atoms with E-state index in [0.717, 1.165) is 67.2 Å². The number of carbonyl (C=O) groups excluding carboxylic acids is 1. The van der Waals surface area contributed by atoms with Crippen LogP contribution in [0.4, 0.5) is 0 Å². The summed E-state index contributed by atoms with van der Waals surface area (Å²) in [5.74, 6) is 6.75. The summed E-state index contributed by atoms with van der Waals surface area (Å²) < 4.78 is 11.4. The summed E-state index contributed by atoms with van der Waals surface area (Å²) in [4.78, 5) is 25.9. The number of nitrogens with zero attached hydrogens (tertiary/aromatic N) is 3. The molecule has 7 heteroatoms. The van der Waals surface area contributed by atoms with Crippen LogP contribution in [0.25, 0.3) is 32.8 Å². The van der Waals surface area contributed by atoms with Gasteiger partial charge in [0.25, 0.3) is 0 Å². The molecule has 2 aromatic heterocycles. The van der Waals surface area contributed by atoms with E-state index < -0.39 is 11.6 Å². The SMILES string of the molecule is Cc1cc2cc(C#Cc3cncnc3)ccc2c(-c2ccc3c4c(ccnc24)CCO3)c1CC(=O)OCC(C)(C)O. The smallest absolute Gasteiger partial charge is 0.310 e. The van der Waals surface area contributed by atoms with Gasteiger partial charge in [0.1, 0.15) is 18.7 Å². The van der Waals surface area contributed by atoms with E-state index in [1.807, 2.05) is 43.5 Å². The Hall–Kier alpha value is -4.80. The van der Waals surface area contributed by atoms with Crippen molar-refractivity contribution in [2.45, 2.75) is 39.2 Å². The third-order valence-electron chi connectivity index (χ3n) is 7.13. The van der Waals surface area contributed by atoms with E-state index in [9.17, 15) is 9.90 Å². The molecule has 1 N–H and O–H groups in total. The topological polar surface area (TPSA) is 94.4 Å². The molecule has 0 bridgehead atoms. The molecule has 0 unspecified atom stereocenters. The highest BCUT2D eigenvalue weighted by Gasteiger charge is 2.23. The number of benzene rings is 3. The lowest BCUT2D eigenvalue weighted by molar-refractivity contribution is -0.149. The second-order valence-corrected chi connectivity index (χ2v) is 10.9. The van der Waals surface area contributed by atoms with Crippen LogP contribution in [0.3, 0.4) is 0 Å². The monoisotopic (exact) mass is 543 g/mol. The molecule has 41 heavy (non-hydrogen) atoms. The Morgan fingerprint density at radius 1 is 1.07 bits per heavy atom. The second-order valence-electron chi connectivity index (χ2n) is 10.9. The number of hydrogen-bond acceptors (Lipinski definition) is 7. The fourth-order valence-electron chi connectivity index (χ4n) is 5.27. The van der Waals surface area contributed by atoms with Crippen molar-refractivity contribution in [3.8, 4) is 28.7 Å². The summed E-state index contributed by atoms with van der Waals surface area (Å²) in [6.07, 6.45) is 7.55. The van der Waals surface area contributed by atoms with Gasteiger partial charge in [-0.1, -0.05) is 24.0 Å². The van der Waals surface area contributed by atoms with Crippen LogP contribution in [0.15, 0.2) is 67.4 Å². The maximum Gasteiger partial charge on any atom is 0.310 e. The van der Waals surface area contributed by atoms with Gasteiger partial charge in [-0.3, -0.25) is 9.78 Å². The number of aryl methyl sites for hydroxylation is 1. The summed E-state index contributed by atoms with van der Waals surface area (Å²) in [6.45, 7) is 5.78. The normalized spacial score (nSPS) is 12.5. The van der Waals surface area contributed by atoms with Gasteiger partial charge >= 0.3 is 5.97 Å². The van der Waals surface area contributed by atoms with Gasteiger partial charge in [0, 0.05) is 41.5 Å². The van der Waals surface area contributed by atoms with Crippen LogP contribution in [0, 0.1) is 18.8 Å². The Morgan fingerprint density at radius 3 is 2.68 bits per heavy atom. The summed E-state index contributed by atoms with van der Waals surface area (Å²) in [5.41, 5.74) is 6.18. The van der Waals surface area contributed by atoms with Gasteiger partial charge in [0.15, 0.2) is 0 Å². The first-order chi connectivity index (χ1) is 19.8. The maximum absolute atomic E-state index is 13.0. The molecular weight excluding hydrogens is 514 g/mol. The van der Waals surface area contributed by atoms with Crippen molar-refractivity contribution in [1.29, 1.82) is 0 Å². The van der Waals surface area contributed by atoms with Crippen molar-refractivity contribution < 1.29 is 19.4 Å². The predicted molar refractivity (Wildman–Crippen MR) is 158 cm³/mol. The zero-order chi connectivity index (χ0) is 28.6. The van der Waals surface area contributed by atoms with Crippen LogP contribution in [0.5, 0.6) is 5.75 Å². The minimum atomic E-state index is -1.11. The summed E-state index contributed by atoms with van der Waals surface area (Å²) in [7, 11) is 0. The van der Waals surface area contributed by atoms with E-state index in [4.69, 9.17) is 14.5 Å². The molecule has 0 aliphatic carbocycles. The first-order valence-corrected chi connectivity index (χ1v) is 13.5. The van der Waals surface area contributed by atoms with Gasteiger partial charge in [0.05, 0.1) is 29.7 Å². The fraction of sp³-hybridized carbons (Fsp3) is 0.235. The number of carbonyl (C=O) groups is 1. The standard InChI is InChI=1S/C34H29N3O4/c1-21-14-25-15-22(4-5-23-17-35-20-36-18-23)6-7-26(25)32(28(21)16-30(38)41-19-34(2,3)39)27-8-9-29-31-24(11-13-40-29)10-12-37-33(27)31/h6-10,12,14-15,17-18,20,39H,11,13,16,19H2,1-3H3. The predicted octanol–water partition coefficient (Wildman–Crippen LogP) is 5.34. The van der Waals surface area contributed by atoms with Crippen LogP contribution in [0.1, 0.15) is 41.7 Å². The Morgan fingerprint density at radius 2 is 1.88 bits per heavy atom. The molecule has 0 radical (unpaired) electrons. The summed E-state index contributed by atoms with van der Waals surface area (Å²) >= 11 is 0. The number of aliphatic hydroxyl groups is 1. The molecule has 0 spiro atoms. The Labute approximate surface area is 238 Å². The molecule has 0 atom stereocenters. The first-order valence-electron chi connectivity index (χ1n) is 13.5. The third-order valence-corrected chi connectivity index (χ3v) is 7.13. The van der Waals surface area contributed by atoms with Crippen molar-refractivity contribution in [3.05, 3.63) is 95.2 Å². The highest BCUT2D eigenvalue weighted by Crippen LogP contribution is 2.42. The first kappa shape index (κ1) is 26.4. The number of esters is 1. The number of aromatic nitrogens is 3. The Balaban J connectivity index is 1.53. The molecule has 3 aromatic carbocycles. The molecule has 0 amide bonds. The van der Waals surface area contributed by atoms with Crippen molar-refractivity contribution in [2.75, 3.05) is 13.2 Å². The maximum atomic E-state index is 13.0. The van der Waals surface area contributed by atoms with E-state index >= 15 is 0 Å². The van der Waals surface area contributed by atoms with Crippen LogP contribution < -0.4 is 4.74 Å². The molecule has 7 nitrogen and oxygen atoms in total. The average Bonchev–Trinajstić information content (AvgIpc) is 2.96. The molecular formula is C34H29N3O4. The Kier molecular flexibility index (Phi) is 6.86. The van der Waals surface area contributed by atoms with Gasteiger partial charge in [-0.05, 0) is 84.1 Å². The number of rotatable bonds is 5. The zero-order valence-corrected chi connectivity index (χ0v) is 23.2. The highest BCUT2D eigenvalue weighted by molar-refractivity contribution is 6.08. The van der Waals surface area contributed by atoms with E-state index in [2.05, 4.69) is 33.9 Å². The van der Waals surface area contributed by atoms with Crippen molar-refractivity contribution in [2.24, 2.45) is 0 Å².